The number of alkyl halides is 3. The number of aliphatic hydroxyl groups is 1. The first-order valence-electron chi connectivity index (χ1n) is 9.18. The fourth-order valence-corrected chi connectivity index (χ4v) is 3.96. The second kappa shape index (κ2) is 8.82. The van der Waals surface area contributed by atoms with Crippen LogP contribution in [0.15, 0.2) is 36.4 Å². The van der Waals surface area contributed by atoms with Gasteiger partial charge in [-0.05, 0) is 72.8 Å². The monoisotopic (exact) mass is 475 g/mol. The van der Waals surface area contributed by atoms with Gasteiger partial charge in [0.1, 0.15) is 0 Å². The Morgan fingerprint density at radius 2 is 1.61 bits per heavy atom. The number of carbonyl (C=O) groups is 1. The number of hydrogen-bond acceptors (Lipinski definition) is 2. The van der Waals surface area contributed by atoms with Crippen molar-refractivity contribution in [2.75, 3.05) is 0 Å². The standard InChI is InChI=1S/C22H20Cl2F3NO2.H2O/c1-21(2,3)28-20(30)10-19(29)17-9-16-15(7-12(23)8-18(16)24)14-6-11(22(25,26)27)4-5-13(14)17;/h4-9,19,29H,10H2,1-3H3,(H,28,30);1H2. The van der Waals surface area contributed by atoms with E-state index in [2.05, 4.69) is 5.32 Å². The molecule has 3 aromatic carbocycles. The Balaban J connectivity index is 0.00000341. The molecule has 3 aromatic rings. The zero-order chi connectivity index (χ0) is 22.4. The quantitative estimate of drug-likeness (QED) is 0.467. The van der Waals surface area contributed by atoms with Crippen LogP contribution in [0.25, 0.3) is 21.5 Å². The van der Waals surface area contributed by atoms with Crippen molar-refractivity contribution < 1.29 is 28.5 Å². The lowest BCUT2D eigenvalue weighted by molar-refractivity contribution is -0.137. The average Bonchev–Trinajstić information content (AvgIpc) is 2.58. The van der Waals surface area contributed by atoms with Crippen LogP contribution >= 0.6 is 23.2 Å². The van der Waals surface area contributed by atoms with Crippen LogP contribution in [-0.2, 0) is 11.0 Å². The summed E-state index contributed by atoms with van der Waals surface area (Å²) < 4.78 is 39.9. The van der Waals surface area contributed by atoms with E-state index in [1.807, 2.05) is 20.8 Å². The first-order valence-corrected chi connectivity index (χ1v) is 9.93. The van der Waals surface area contributed by atoms with Gasteiger partial charge < -0.3 is 15.9 Å². The number of benzene rings is 3. The molecule has 0 radical (unpaired) electrons. The first-order chi connectivity index (χ1) is 13.8. The Labute approximate surface area is 187 Å². The molecule has 4 N–H and O–H groups in total. The van der Waals surface area contributed by atoms with Gasteiger partial charge in [0.05, 0.1) is 18.1 Å². The summed E-state index contributed by atoms with van der Waals surface area (Å²) in [6.45, 7) is 5.43. The third-order valence-corrected chi connectivity index (χ3v) is 5.13. The van der Waals surface area contributed by atoms with Gasteiger partial charge in [-0.15, -0.1) is 0 Å². The molecule has 3 rings (SSSR count). The van der Waals surface area contributed by atoms with Crippen LogP contribution in [0.3, 0.4) is 0 Å². The van der Waals surface area contributed by atoms with Crippen LogP contribution in [0, 0.1) is 0 Å². The topological polar surface area (TPSA) is 80.8 Å². The molecule has 0 saturated heterocycles. The number of rotatable bonds is 3. The van der Waals surface area contributed by atoms with Crippen LogP contribution in [0.2, 0.25) is 10.0 Å². The number of hydrogen-bond donors (Lipinski definition) is 2. The van der Waals surface area contributed by atoms with Gasteiger partial charge in [-0.3, -0.25) is 4.79 Å². The molecule has 0 bridgehead atoms. The van der Waals surface area contributed by atoms with Crippen molar-refractivity contribution in [2.24, 2.45) is 0 Å². The molecule has 0 heterocycles. The second-order valence-corrected chi connectivity index (χ2v) is 9.07. The number of halogens is 5. The maximum absolute atomic E-state index is 13.3. The fraction of sp³-hybridized carbons (Fsp3) is 0.318. The first kappa shape index (κ1) is 25.2. The summed E-state index contributed by atoms with van der Waals surface area (Å²) in [5.41, 5.74) is -0.992. The summed E-state index contributed by atoms with van der Waals surface area (Å²) in [6.07, 6.45) is -6.02. The average molecular weight is 476 g/mol. The van der Waals surface area contributed by atoms with Crippen LogP contribution in [0.5, 0.6) is 0 Å². The highest BCUT2D eigenvalue weighted by atomic mass is 35.5. The summed E-state index contributed by atoms with van der Waals surface area (Å²) in [6, 6.07) is 7.87. The van der Waals surface area contributed by atoms with Gasteiger partial charge in [-0.1, -0.05) is 29.3 Å². The summed E-state index contributed by atoms with van der Waals surface area (Å²) >= 11 is 12.4. The minimum Gasteiger partial charge on any atom is -0.412 e. The molecule has 9 heteroatoms. The molecule has 0 spiro atoms. The van der Waals surface area contributed by atoms with Crippen molar-refractivity contribution >= 4 is 50.7 Å². The maximum atomic E-state index is 13.3. The zero-order valence-electron chi connectivity index (χ0n) is 17.0. The SMILES string of the molecule is CC(C)(C)NC(=O)CC(O)c1cc2c(Cl)cc(Cl)cc2c2cc(C(F)(F)F)ccc12.O. The maximum Gasteiger partial charge on any atom is 0.416 e. The van der Waals surface area contributed by atoms with E-state index >= 15 is 0 Å². The summed E-state index contributed by atoms with van der Waals surface area (Å²) in [7, 11) is 0. The van der Waals surface area contributed by atoms with Gasteiger partial charge in [0.25, 0.3) is 0 Å². The Morgan fingerprint density at radius 1 is 1.00 bits per heavy atom. The normalized spacial score (nSPS) is 13.2. The molecular formula is C22H22Cl2F3NO3. The smallest absolute Gasteiger partial charge is 0.412 e. The summed E-state index contributed by atoms with van der Waals surface area (Å²) in [5.74, 6) is -0.377. The molecule has 0 saturated carbocycles. The van der Waals surface area contributed by atoms with Crippen molar-refractivity contribution in [3.63, 3.8) is 0 Å². The summed E-state index contributed by atoms with van der Waals surface area (Å²) in [5, 5.41) is 15.6. The van der Waals surface area contributed by atoms with Crippen LogP contribution < -0.4 is 5.32 Å². The number of aliphatic hydroxyl groups excluding tert-OH is 1. The fourth-order valence-electron chi connectivity index (χ4n) is 3.41. The van der Waals surface area contributed by atoms with E-state index in [0.29, 0.717) is 21.7 Å². The van der Waals surface area contributed by atoms with Crippen molar-refractivity contribution in [3.8, 4) is 0 Å². The van der Waals surface area contributed by atoms with E-state index < -0.39 is 23.4 Å². The molecule has 0 aliphatic rings. The molecule has 1 unspecified atom stereocenters. The number of amides is 1. The molecule has 4 nitrogen and oxygen atoms in total. The molecule has 168 valence electrons. The molecule has 0 fully saturated rings. The van der Waals surface area contributed by atoms with Crippen LogP contribution in [0.4, 0.5) is 13.2 Å². The van der Waals surface area contributed by atoms with Gasteiger partial charge in [-0.2, -0.15) is 13.2 Å². The molecule has 31 heavy (non-hydrogen) atoms. The molecule has 0 aliphatic heterocycles. The third-order valence-electron chi connectivity index (χ3n) is 4.59. The highest BCUT2D eigenvalue weighted by Gasteiger charge is 2.31. The van der Waals surface area contributed by atoms with E-state index in [-0.39, 0.29) is 33.2 Å². The predicted octanol–water partition coefficient (Wildman–Crippen LogP) is 5.83. The van der Waals surface area contributed by atoms with Crippen molar-refractivity contribution in [2.45, 2.75) is 45.0 Å². The molecule has 1 atom stereocenters. The lowest BCUT2D eigenvalue weighted by atomic mass is 9.92. The van der Waals surface area contributed by atoms with E-state index in [1.165, 1.54) is 18.2 Å². The molecule has 0 aliphatic carbocycles. The summed E-state index contributed by atoms with van der Waals surface area (Å²) in [4.78, 5) is 12.3. The van der Waals surface area contributed by atoms with Gasteiger partial charge >= 0.3 is 6.18 Å². The Morgan fingerprint density at radius 3 is 2.19 bits per heavy atom. The van der Waals surface area contributed by atoms with Gasteiger partial charge in [0, 0.05) is 21.0 Å². The number of nitrogens with one attached hydrogen (secondary N) is 1. The second-order valence-electron chi connectivity index (χ2n) is 8.22. The van der Waals surface area contributed by atoms with Crippen molar-refractivity contribution in [3.05, 3.63) is 57.6 Å². The minimum atomic E-state index is -4.54. The Bertz CT molecular complexity index is 1140. The van der Waals surface area contributed by atoms with E-state index in [9.17, 15) is 23.1 Å². The number of carbonyl (C=O) groups excluding carboxylic acids is 1. The predicted molar refractivity (Wildman–Crippen MR) is 118 cm³/mol. The van der Waals surface area contributed by atoms with Gasteiger partial charge in [0.15, 0.2) is 0 Å². The zero-order valence-corrected chi connectivity index (χ0v) is 18.5. The lowest BCUT2D eigenvalue weighted by Crippen LogP contribution is -2.41. The van der Waals surface area contributed by atoms with E-state index in [4.69, 9.17) is 23.2 Å². The van der Waals surface area contributed by atoms with E-state index in [0.717, 1.165) is 12.1 Å². The Kier molecular flexibility index (Phi) is 7.17. The largest absolute Gasteiger partial charge is 0.416 e. The third kappa shape index (κ3) is 5.60. The van der Waals surface area contributed by atoms with Crippen molar-refractivity contribution in [1.82, 2.24) is 5.32 Å². The highest BCUT2D eigenvalue weighted by molar-refractivity contribution is 6.39. The van der Waals surface area contributed by atoms with Crippen molar-refractivity contribution in [1.29, 1.82) is 0 Å². The highest BCUT2D eigenvalue weighted by Crippen LogP contribution is 2.40. The Hall–Kier alpha value is -2.06. The van der Waals surface area contributed by atoms with Crippen LogP contribution in [-0.4, -0.2) is 22.0 Å². The minimum absolute atomic E-state index is 0. The molecular weight excluding hydrogens is 454 g/mol. The van der Waals surface area contributed by atoms with E-state index in [1.54, 1.807) is 6.07 Å². The molecule has 0 aromatic heterocycles. The van der Waals surface area contributed by atoms with Gasteiger partial charge in [-0.25, -0.2) is 0 Å². The lowest BCUT2D eigenvalue weighted by Gasteiger charge is -2.22. The van der Waals surface area contributed by atoms with Gasteiger partial charge in [0.2, 0.25) is 5.91 Å². The number of fused-ring (bicyclic) bond motifs is 3. The van der Waals surface area contributed by atoms with Crippen LogP contribution in [0.1, 0.15) is 44.4 Å². The molecule has 1 amide bonds.